The van der Waals surface area contributed by atoms with Gasteiger partial charge < -0.3 is 20.1 Å². The smallest absolute Gasteiger partial charge is 0.317 e. The Morgan fingerprint density at radius 3 is 3.09 bits per heavy atom. The predicted octanol–water partition coefficient (Wildman–Crippen LogP) is 2.44. The van der Waals surface area contributed by atoms with Gasteiger partial charge in [-0.1, -0.05) is 23.7 Å². The van der Waals surface area contributed by atoms with E-state index in [1.54, 1.807) is 18.1 Å². The van der Waals surface area contributed by atoms with Crippen LogP contribution in [-0.4, -0.2) is 49.4 Å². The molecule has 1 aromatic carbocycles. The van der Waals surface area contributed by atoms with Crippen molar-refractivity contribution < 1.29 is 14.6 Å². The zero-order chi connectivity index (χ0) is 15.9. The van der Waals surface area contributed by atoms with Crippen molar-refractivity contribution in [3.63, 3.8) is 0 Å². The first kappa shape index (κ1) is 17.1. The number of piperidine rings is 1. The number of likely N-dealkylation sites (tertiary alicyclic amines) is 1. The van der Waals surface area contributed by atoms with Gasteiger partial charge in [0, 0.05) is 38.4 Å². The predicted molar refractivity (Wildman–Crippen MR) is 86.0 cm³/mol. The normalized spacial score (nSPS) is 19.8. The summed E-state index contributed by atoms with van der Waals surface area (Å²) in [5, 5.41) is 12.8. The van der Waals surface area contributed by atoms with Gasteiger partial charge in [0.2, 0.25) is 0 Å². The van der Waals surface area contributed by atoms with Crippen molar-refractivity contribution >= 4 is 17.6 Å². The molecule has 0 saturated carbocycles. The highest BCUT2D eigenvalue weighted by atomic mass is 35.5. The number of hydrogen-bond acceptors (Lipinski definition) is 3. The van der Waals surface area contributed by atoms with Crippen LogP contribution in [0.2, 0.25) is 5.02 Å². The molecule has 1 aromatic rings. The van der Waals surface area contributed by atoms with Gasteiger partial charge >= 0.3 is 6.03 Å². The number of urea groups is 1. The van der Waals surface area contributed by atoms with Crippen LogP contribution in [0.15, 0.2) is 24.3 Å². The third kappa shape index (κ3) is 4.60. The van der Waals surface area contributed by atoms with E-state index in [1.165, 1.54) is 0 Å². The highest BCUT2D eigenvalue weighted by molar-refractivity contribution is 6.30. The van der Waals surface area contributed by atoms with Crippen LogP contribution in [-0.2, 0) is 4.74 Å². The van der Waals surface area contributed by atoms with E-state index in [1.807, 2.05) is 18.2 Å². The van der Waals surface area contributed by atoms with Gasteiger partial charge in [-0.05, 0) is 36.5 Å². The first-order chi connectivity index (χ1) is 10.6. The minimum atomic E-state index is -0.235. The maximum absolute atomic E-state index is 12.2. The zero-order valence-corrected chi connectivity index (χ0v) is 13.6. The van der Waals surface area contributed by atoms with Crippen LogP contribution in [0.1, 0.15) is 24.5 Å². The number of aliphatic hydroxyl groups excluding tert-OH is 1. The minimum Gasteiger partial charge on any atom is -0.396 e. The third-order valence-electron chi connectivity index (χ3n) is 4.01. The minimum absolute atomic E-state index is 0.109. The molecule has 0 radical (unpaired) electrons. The number of benzene rings is 1. The number of nitrogens with zero attached hydrogens (tertiary/aromatic N) is 1. The Morgan fingerprint density at radius 1 is 1.59 bits per heavy atom. The molecule has 2 atom stereocenters. The fraction of sp³-hybridized carbons (Fsp3) is 0.562. The number of halogens is 1. The standard InChI is InChI=1S/C16H23ClN2O3/c1-22-15(13-5-2-6-14(17)8-13)9-18-16(21)19-7-3-4-12(10-19)11-20/h2,5-6,8,12,15,20H,3-4,7,9-11H2,1H3,(H,18,21). The average molecular weight is 327 g/mol. The largest absolute Gasteiger partial charge is 0.396 e. The van der Waals surface area contributed by atoms with E-state index in [-0.39, 0.29) is 24.7 Å². The monoisotopic (exact) mass is 326 g/mol. The summed E-state index contributed by atoms with van der Waals surface area (Å²) in [6, 6.07) is 7.32. The molecule has 0 aliphatic carbocycles. The molecule has 122 valence electrons. The second-order valence-corrected chi connectivity index (χ2v) is 6.04. The van der Waals surface area contributed by atoms with E-state index in [2.05, 4.69) is 5.32 Å². The van der Waals surface area contributed by atoms with Crippen LogP contribution in [0, 0.1) is 5.92 Å². The van der Waals surface area contributed by atoms with E-state index >= 15 is 0 Å². The van der Waals surface area contributed by atoms with Gasteiger partial charge in [0.05, 0.1) is 6.10 Å². The summed E-state index contributed by atoms with van der Waals surface area (Å²) in [7, 11) is 1.61. The fourth-order valence-electron chi connectivity index (χ4n) is 2.73. The van der Waals surface area contributed by atoms with Gasteiger partial charge in [0.15, 0.2) is 0 Å². The van der Waals surface area contributed by atoms with Gasteiger partial charge in [0.25, 0.3) is 0 Å². The number of methoxy groups -OCH3 is 1. The van der Waals surface area contributed by atoms with E-state index in [9.17, 15) is 9.90 Å². The van der Waals surface area contributed by atoms with Crippen LogP contribution >= 0.6 is 11.6 Å². The molecule has 0 spiro atoms. The summed E-state index contributed by atoms with van der Waals surface area (Å²) in [5.41, 5.74) is 0.933. The fourth-order valence-corrected chi connectivity index (χ4v) is 2.93. The Morgan fingerprint density at radius 2 is 2.41 bits per heavy atom. The summed E-state index contributed by atoms with van der Waals surface area (Å²) in [4.78, 5) is 14.0. The van der Waals surface area contributed by atoms with E-state index < -0.39 is 0 Å². The second-order valence-electron chi connectivity index (χ2n) is 5.60. The lowest BCUT2D eigenvalue weighted by Crippen LogP contribution is -2.47. The molecule has 2 N–H and O–H groups in total. The molecule has 2 amide bonds. The lowest BCUT2D eigenvalue weighted by molar-refractivity contribution is 0.0965. The Balaban J connectivity index is 1.88. The lowest BCUT2D eigenvalue weighted by atomic mass is 9.99. The molecule has 1 fully saturated rings. The number of amides is 2. The van der Waals surface area contributed by atoms with Crippen molar-refractivity contribution in [3.05, 3.63) is 34.9 Å². The van der Waals surface area contributed by atoms with Crippen molar-refractivity contribution in [2.24, 2.45) is 5.92 Å². The first-order valence-corrected chi connectivity index (χ1v) is 7.93. The Bertz CT molecular complexity index is 498. The van der Waals surface area contributed by atoms with Crippen molar-refractivity contribution in [1.29, 1.82) is 0 Å². The van der Waals surface area contributed by atoms with Gasteiger partial charge in [-0.3, -0.25) is 0 Å². The molecule has 2 rings (SSSR count). The van der Waals surface area contributed by atoms with Gasteiger partial charge in [-0.2, -0.15) is 0 Å². The Labute approximate surface area is 136 Å². The van der Waals surface area contributed by atoms with E-state index in [4.69, 9.17) is 16.3 Å². The summed E-state index contributed by atoms with van der Waals surface area (Å²) in [6.07, 6.45) is 1.67. The van der Waals surface area contributed by atoms with Crippen molar-refractivity contribution in [2.75, 3.05) is 33.4 Å². The molecular formula is C16H23ClN2O3. The lowest BCUT2D eigenvalue weighted by Gasteiger charge is -2.32. The molecule has 1 heterocycles. The number of ether oxygens (including phenoxy) is 1. The molecule has 5 nitrogen and oxygen atoms in total. The summed E-state index contributed by atoms with van der Waals surface area (Å²) >= 11 is 5.99. The number of carbonyl (C=O) groups excluding carboxylic acids is 1. The summed E-state index contributed by atoms with van der Waals surface area (Å²) < 4.78 is 5.44. The maximum atomic E-state index is 12.2. The van der Waals surface area contributed by atoms with Crippen LogP contribution < -0.4 is 5.32 Å². The SMILES string of the molecule is COC(CNC(=O)N1CCCC(CO)C1)c1cccc(Cl)c1. The van der Waals surface area contributed by atoms with Crippen molar-refractivity contribution in [2.45, 2.75) is 18.9 Å². The van der Waals surface area contributed by atoms with Crippen molar-refractivity contribution in [1.82, 2.24) is 10.2 Å². The Hall–Kier alpha value is -1.30. The number of aliphatic hydroxyl groups is 1. The number of nitrogens with one attached hydrogen (secondary N) is 1. The third-order valence-corrected chi connectivity index (χ3v) is 4.24. The van der Waals surface area contributed by atoms with Crippen LogP contribution in [0.4, 0.5) is 4.79 Å². The zero-order valence-electron chi connectivity index (χ0n) is 12.8. The number of hydrogen-bond donors (Lipinski definition) is 2. The van der Waals surface area contributed by atoms with Crippen LogP contribution in [0.5, 0.6) is 0 Å². The molecule has 0 aromatic heterocycles. The summed E-state index contributed by atoms with van der Waals surface area (Å²) in [5.74, 6) is 0.186. The highest BCUT2D eigenvalue weighted by Gasteiger charge is 2.23. The summed E-state index contributed by atoms with van der Waals surface area (Å²) in [6.45, 7) is 1.86. The van der Waals surface area contributed by atoms with Crippen molar-refractivity contribution in [3.8, 4) is 0 Å². The second kappa shape index (κ2) is 8.36. The molecule has 1 saturated heterocycles. The molecule has 0 bridgehead atoms. The molecular weight excluding hydrogens is 304 g/mol. The quantitative estimate of drug-likeness (QED) is 0.873. The molecule has 1 aliphatic rings. The van der Waals surface area contributed by atoms with Gasteiger partial charge in [0.1, 0.15) is 0 Å². The van der Waals surface area contributed by atoms with Crippen LogP contribution in [0.25, 0.3) is 0 Å². The molecule has 2 unspecified atom stereocenters. The highest BCUT2D eigenvalue weighted by Crippen LogP contribution is 2.20. The first-order valence-electron chi connectivity index (χ1n) is 7.56. The number of carbonyl (C=O) groups is 1. The van der Waals surface area contributed by atoms with E-state index in [0.717, 1.165) is 24.9 Å². The average Bonchev–Trinajstić information content (AvgIpc) is 2.55. The molecule has 22 heavy (non-hydrogen) atoms. The number of rotatable bonds is 5. The molecule has 6 heteroatoms. The van der Waals surface area contributed by atoms with Crippen LogP contribution in [0.3, 0.4) is 0 Å². The van der Waals surface area contributed by atoms with Gasteiger partial charge in [-0.25, -0.2) is 4.79 Å². The topological polar surface area (TPSA) is 61.8 Å². The Kier molecular flexibility index (Phi) is 6.49. The molecule has 1 aliphatic heterocycles. The van der Waals surface area contributed by atoms with Gasteiger partial charge in [-0.15, -0.1) is 0 Å². The van der Waals surface area contributed by atoms with E-state index in [0.29, 0.717) is 18.1 Å². The maximum Gasteiger partial charge on any atom is 0.317 e.